The Balaban J connectivity index is 2.06. The van der Waals surface area contributed by atoms with Crippen molar-refractivity contribution in [2.75, 3.05) is 11.9 Å². The van der Waals surface area contributed by atoms with Gasteiger partial charge in [-0.05, 0) is 36.8 Å². The predicted molar refractivity (Wildman–Crippen MR) is 79.1 cm³/mol. The molecule has 0 spiro atoms. The fourth-order valence-corrected chi connectivity index (χ4v) is 2.38. The smallest absolute Gasteiger partial charge is 0.223 e. The van der Waals surface area contributed by atoms with E-state index in [1.165, 1.54) is 4.90 Å². The number of aromatic nitrogens is 2. The van der Waals surface area contributed by atoms with Crippen molar-refractivity contribution in [3.8, 4) is 0 Å². The topological polar surface area (TPSA) is 37.8 Å². The van der Waals surface area contributed by atoms with E-state index in [9.17, 15) is 0 Å². The minimum Gasteiger partial charge on any atom is -0.354 e. The molecule has 2 aromatic rings. The van der Waals surface area contributed by atoms with Crippen molar-refractivity contribution in [2.24, 2.45) is 0 Å². The van der Waals surface area contributed by atoms with Crippen LogP contribution in [0.15, 0.2) is 50.9 Å². The molecule has 1 N–H and O–H groups in total. The SMILES string of the molecule is CCCNc1nccc(Sc2ccc(Br)cc2)n1. The van der Waals surface area contributed by atoms with E-state index in [1.54, 1.807) is 18.0 Å². The van der Waals surface area contributed by atoms with E-state index in [1.807, 2.05) is 18.2 Å². The molecule has 0 aliphatic carbocycles. The van der Waals surface area contributed by atoms with Gasteiger partial charge in [0.25, 0.3) is 0 Å². The number of nitrogens with one attached hydrogen (secondary N) is 1. The van der Waals surface area contributed by atoms with E-state index in [0.29, 0.717) is 5.95 Å². The number of hydrogen-bond donors (Lipinski definition) is 1. The molecular formula is C13H14BrN3S. The first-order valence-electron chi connectivity index (χ1n) is 5.78. The van der Waals surface area contributed by atoms with Gasteiger partial charge in [-0.2, -0.15) is 0 Å². The standard InChI is InChI=1S/C13H14BrN3S/c1-2-8-15-13-16-9-7-12(17-13)18-11-5-3-10(14)4-6-11/h3-7,9H,2,8H2,1H3,(H,15,16,17). The first-order valence-corrected chi connectivity index (χ1v) is 7.39. The number of rotatable bonds is 5. The van der Waals surface area contributed by atoms with Crippen molar-refractivity contribution in [2.45, 2.75) is 23.3 Å². The molecule has 2 rings (SSSR count). The predicted octanol–water partition coefficient (Wildman–Crippen LogP) is 4.21. The minimum atomic E-state index is 0.693. The second-order valence-corrected chi connectivity index (χ2v) is 5.71. The van der Waals surface area contributed by atoms with Crippen LogP contribution in [0.5, 0.6) is 0 Å². The zero-order valence-electron chi connectivity index (χ0n) is 10.1. The van der Waals surface area contributed by atoms with Crippen LogP contribution in [0.4, 0.5) is 5.95 Å². The summed E-state index contributed by atoms with van der Waals surface area (Å²) in [7, 11) is 0. The van der Waals surface area contributed by atoms with Crippen LogP contribution in [0.25, 0.3) is 0 Å². The Morgan fingerprint density at radius 1 is 1.22 bits per heavy atom. The van der Waals surface area contributed by atoms with E-state index >= 15 is 0 Å². The van der Waals surface area contributed by atoms with Gasteiger partial charge in [-0.15, -0.1) is 0 Å². The third-order valence-electron chi connectivity index (χ3n) is 2.20. The normalized spacial score (nSPS) is 10.3. The highest BCUT2D eigenvalue weighted by Crippen LogP contribution is 2.27. The highest BCUT2D eigenvalue weighted by molar-refractivity contribution is 9.10. The molecule has 0 saturated carbocycles. The molecule has 5 heteroatoms. The Morgan fingerprint density at radius 3 is 2.72 bits per heavy atom. The second kappa shape index (κ2) is 6.75. The van der Waals surface area contributed by atoms with Gasteiger partial charge in [-0.3, -0.25) is 0 Å². The Morgan fingerprint density at radius 2 is 2.00 bits per heavy atom. The average molecular weight is 324 g/mol. The summed E-state index contributed by atoms with van der Waals surface area (Å²) in [4.78, 5) is 9.81. The number of halogens is 1. The summed E-state index contributed by atoms with van der Waals surface area (Å²) in [5.41, 5.74) is 0. The summed E-state index contributed by atoms with van der Waals surface area (Å²) in [6.45, 7) is 3.01. The van der Waals surface area contributed by atoms with Gasteiger partial charge in [0.1, 0.15) is 5.03 Å². The summed E-state index contributed by atoms with van der Waals surface area (Å²) in [6, 6.07) is 10.1. The Kier molecular flexibility index (Phi) is 5.01. The van der Waals surface area contributed by atoms with Crippen LogP contribution in [0.2, 0.25) is 0 Å². The molecule has 0 saturated heterocycles. The zero-order chi connectivity index (χ0) is 12.8. The molecule has 18 heavy (non-hydrogen) atoms. The molecule has 0 radical (unpaired) electrons. The van der Waals surface area contributed by atoms with Gasteiger partial charge in [-0.1, -0.05) is 34.6 Å². The number of anilines is 1. The monoisotopic (exact) mass is 323 g/mol. The second-order valence-electron chi connectivity index (χ2n) is 3.70. The van der Waals surface area contributed by atoms with Crippen LogP contribution >= 0.6 is 27.7 Å². The lowest BCUT2D eigenvalue weighted by Gasteiger charge is -2.05. The maximum absolute atomic E-state index is 4.46. The third-order valence-corrected chi connectivity index (χ3v) is 3.67. The summed E-state index contributed by atoms with van der Waals surface area (Å²) in [6.07, 6.45) is 2.85. The Labute approximate surface area is 120 Å². The minimum absolute atomic E-state index is 0.693. The maximum Gasteiger partial charge on any atom is 0.223 e. The molecule has 94 valence electrons. The van der Waals surface area contributed by atoms with Crippen molar-refractivity contribution in [3.05, 3.63) is 41.0 Å². The van der Waals surface area contributed by atoms with Gasteiger partial charge in [0, 0.05) is 22.1 Å². The molecule has 0 aliphatic heterocycles. The van der Waals surface area contributed by atoms with Crippen LogP contribution in [0.1, 0.15) is 13.3 Å². The lowest BCUT2D eigenvalue weighted by atomic mass is 10.4. The molecule has 1 aromatic heterocycles. The van der Waals surface area contributed by atoms with E-state index in [-0.39, 0.29) is 0 Å². The summed E-state index contributed by atoms with van der Waals surface area (Å²) < 4.78 is 1.08. The highest BCUT2D eigenvalue weighted by Gasteiger charge is 2.01. The van der Waals surface area contributed by atoms with Gasteiger partial charge >= 0.3 is 0 Å². The average Bonchev–Trinajstić information content (AvgIpc) is 2.40. The fraction of sp³-hybridized carbons (Fsp3) is 0.231. The molecule has 3 nitrogen and oxygen atoms in total. The highest BCUT2D eigenvalue weighted by atomic mass is 79.9. The van der Waals surface area contributed by atoms with Gasteiger partial charge < -0.3 is 5.32 Å². The van der Waals surface area contributed by atoms with Crippen LogP contribution in [-0.4, -0.2) is 16.5 Å². The van der Waals surface area contributed by atoms with Crippen molar-refractivity contribution >= 4 is 33.6 Å². The molecule has 0 aliphatic rings. The molecule has 0 bridgehead atoms. The molecule has 1 aromatic carbocycles. The van der Waals surface area contributed by atoms with Crippen LogP contribution in [0.3, 0.4) is 0 Å². The van der Waals surface area contributed by atoms with Gasteiger partial charge in [0.2, 0.25) is 5.95 Å². The molecule has 0 atom stereocenters. The molecule has 0 amide bonds. The van der Waals surface area contributed by atoms with Crippen molar-refractivity contribution < 1.29 is 0 Å². The molecule has 0 unspecified atom stereocenters. The van der Waals surface area contributed by atoms with Crippen molar-refractivity contribution in [1.82, 2.24) is 9.97 Å². The van der Waals surface area contributed by atoms with Crippen LogP contribution in [-0.2, 0) is 0 Å². The van der Waals surface area contributed by atoms with Crippen molar-refractivity contribution in [3.63, 3.8) is 0 Å². The maximum atomic E-state index is 4.46. The Hall–Kier alpha value is -1.07. The quantitative estimate of drug-likeness (QED) is 0.836. The van der Waals surface area contributed by atoms with Crippen molar-refractivity contribution in [1.29, 1.82) is 0 Å². The van der Waals surface area contributed by atoms with E-state index < -0.39 is 0 Å². The van der Waals surface area contributed by atoms with E-state index in [0.717, 1.165) is 22.5 Å². The number of benzene rings is 1. The fourth-order valence-electron chi connectivity index (χ4n) is 1.34. The number of nitrogens with zero attached hydrogens (tertiary/aromatic N) is 2. The summed E-state index contributed by atoms with van der Waals surface area (Å²) in [5.74, 6) is 0.693. The van der Waals surface area contributed by atoms with Gasteiger partial charge in [0.05, 0.1) is 0 Å². The van der Waals surface area contributed by atoms with Crippen LogP contribution < -0.4 is 5.32 Å². The van der Waals surface area contributed by atoms with E-state index in [4.69, 9.17) is 0 Å². The zero-order valence-corrected chi connectivity index (χ0v) is 12.5. The van der Waals surface area contributed by atoms with Gasteiger partial charge in [-0.25, -0.2) is 9.97 Å². The van der Waals surface area contributed by atoms with Gasteiger partial charge in [0.15, 0.2) is 0 Å². The lowest BCUT2D eigenvalue weighted by Crippen LogP contribution is -2.03. The lowest BCUT2D eigenvalue weighted by molar-refractivity contribution is 0.935. The third kappa shape index (κ3) is 3.99. The first kappa shape index (κ1) is 13.4. The van der Waals surface area contributed by atoms with Crippen LogP contribution in [0, 0.1) is 0 Å². The molecule has 1 heterocycles. The van der Waals surface area contributed by atoms with E-state index in [2.05, 4.69) is 50.3 Å². The molecular weight excluding hydrogens is 310 g/mol. The summed E-state index contributed by atoms with van der Waals surface area (Å²) >= 11 is 5.06. The Bertz CT molecular complexity index is 502. The summed E-state index contributed by atoms with van der Waals surface area (Å²) in [5, 5.41) is 4.14. The largest absolute Gasteiger partial charge is 0.354 e. The molecule has 0 fully saturated rings. The number of hydrogen-bond acceptors (Lipinski definition) is 4. The first-order chi connectivity index (χ1) is 8.78.